The molecule has 30 heavy (non-hydrogen) atoms. The summed E-state index contributed by atoms with van der Waals surface area (Å²) in [6, 6.07) is 13.4. The molecule has 3 aromatic rings. The Bertz CT molecular complexity index is 1160. The summed E-state index contributed by atoms with van der Waals surface area (Å²) in [6.45, 7) is 7.08. The van der Waals surface area contributed by atoms with Crippen LogP contribution in [0.3, 0.4) is 0 Å². The number of hydrogen-bond donors (Lipinski definition) is 0. The molecule has 1 aromatic heterocycles. The minimum absolute atomic E-state index is 0.0558. The summed E-state index contributed by atoms with van der Waals surface area (Å²) in [6.07, 6.45) is 3.44. The molecule has 2 aromatic carbocycles. The average Bonchev–Trinajstić information content (AvgIpc) is 3.10. The molecular weight excluding hydrogens is 374 g/mol. The van der Waals surface area contributed by atoms with E-state index in [0.29, 0.717) is 23.7 Å². The molecule has 1 amide bonds. The van der Waals surface area contributed by atoms with E-state index in [4.69, 9.17) is 4.98 Å². The van der Waals surface area contributed by atoms with Gasteiger partial charge >= 0.3 is 0 Å². The predicted octanol–water partition coefficient (Wildman–Crippen LogP) is 4.77. The average molecular weight is 404 g/mol. The van der Waals surface area contributed by atoms with Crippen molar-refractivity contribution in [1.82, 2.24) is 14.5 Å². The van der Waals surface area contributed by atoms with E-state index >= 15 is 0 Å². The first-order chi connectivity index (χ1) is 14.4. The lowest BCUT2D eigenvalue weighted by molar-refractivity contribution is 0.0657. The van der Waals surface area contributed by atoms with Crippen LogP contribution in [0, 0.1) is 5.92 Å². The van der Waals surface area contributed by atoms with Crippen LogP contribution >= 0.6 is 0 Å². The largest absolute Gasteiger partial charge is 0.331 e. The van der Waals surface area contributed by atoms with Crippen molar-refractivity contribution in [1.29, 1.82) is 0 Å². The van der Waals surface area contributed by atoms with Gasteiger partial charge in [-0.3, -0.25) is 9.59 Å². The number of aromatic nitrogens is 2. The highest BCUT2D eigenvalue weighted by Crippen LogP contribution is 2.34. The zero-order chi connectivity index (χ0) is 21.4. The van der Waals surface area contributed by atoms with Crippen molar-refractivity contribution in [2.45, 2.75) is 52.6 Å². The second-order valence-electron chi connectivity index (χ2n) is 8.44. The van der Waals surface area contributed by atoms with Crippen LogP contribution in [0.25, 0.3) is 22.3 Å². The fourth-order valence-corrected chi connectivity index (χ4v) is 4.43. The van der Waals surface area contributed by atoms with E-state index in [-0.39, 0.29) is 17.5 Å². The summed E-state index contributed by atoms with van der Waals surface area (Å²) in [5, 5.41) is 0. The molecule has 4 rings (SSSR count). The minimum atomic E-state index is -0.141. The van der Waals surface area contributed by atoms with Gasteiger partial charge in [0.25, 0.3) is 11.5 Å². The van der Waals surface area contributed by atoms with E-state index < -0.39 is 0 Å². The second-order valence-corrected chi connectivity index (χ2v) is 8.44. The van der Waals surface area contributed by atoms with Crippen molar-refractivity contribution in [3.8, 4) is 11.3 Å². The van der Waals surface area contributed by atoms with E-state index in [1.807, 2.05) is 47.4 Å². The molecule has 0 bridgehead atoms. The van der Waals surface area contributed by atoms with Crippen molar-refractivity contribution in [2.75, 3.05) is 0 Å². The van der Waals surface area contributed by atoms with Crippen molar-refractivity contribution in [3.63, 3.8) is 0 Å². The van der Waals surface area contributed by atoms with E-state index in [1.165, 1.54) is 6.42 Å². The van der Waals surface area contributed by atoms with Crippen LogP contribution in [-0.2, 0) is 13.6 Å². The van der Waals surface area contributed by atoms with E-state index in [9.17, 15) is 9.59 Å². The Morgan fingerprint density at radius 1 is 1.03 bits per heavy atom. The summed E-state index contributed by atoms with van der Waals surface area (Å²) in [4.78, 5) is 32.9. The molecule has 0 aliphatic carbocycles. The summed E-state index contributed by atoms with van der Waals surface area (Å²) < 4.78 is 1.64. The molecule has 0 spiro atoms. The monoisotopic (exact) mass is 403 g/mol. The number of carbonyl (C=O) groups is 1. The number of nitrogens with zero attached hydrogens (tertiary/aromatic N) is 3. The fraction of sp³-hybridized carbons (Fsp3) is 0.400. The van der Waals surface area contributed by atoms with E-state index in [0.717, 1.165) is 35.0 Å². The smallest absolute Gasteiger partial charge is 0.277 e. The number of hydrogen-bond acceptors (Lipinski definition) is 3. The quantitative estimate of drug-likeness (QED) is 0.596. The molecule has 5 heteroatoms. The molecule has 2 heterocycles. The summed E-state index contributed by atoms with van der Waals surface area (Å²) >= 11 is 0. The molecule has 1 aliphatic heterocycles. The first-order valence-corrected chi connectivity index (χ1v) is 10.8. The lowest BCUT2D eigenvalue weighted by Gasteiger charge is -2.29. The Kier molecular flexibility index (Phi) is 5.46. The van der Waals surface area contributed by atoms with Gasteiger partial charge in [0.15, 0.2) is 0 Å². The number of rotatable bonds is 6. The van der Waals surface area contributed by atoms with Gasteiger partial charge < -0.3 is 9.47 Å². The van der Waals surface area contributed by atoms with Gasteiger partial charge in [-0.15, -0.1) is 0 Å². The highest BCUT2D eigenvalue weighted by atomic mass is 16.2. The minimum Gasteiger partial charge on any atom is -0.331 e. The number of carbonyl (C=O) groups excluding carboxylic acids is 1. The van der Waals surface area contributed by atoms with Gasteiger partial charge in [-0.05, 0) is 43.0 Å². The van der Waals surface area contributed by atoms with Gasteiger partial charge in [-0.25, -0.2) is 4.98 Å². The van der Waals surface area contributed by atoms with Gasteiger partial charge in [0.05, 0.1) is 11.0 Å². The van der Waals surface area contributed by atoms with Gasteiger partial charge in [0.1, 0.15) is 5.69 Å². The molecule has 5 nitrogen and oxygen atoms in total. The fourth-order valence-electron chi connectivity index (χ4n) is 4.43. The number of fused-ring (bicyclic) bond motifs is 2. The molecule has 0 saturated carbocycles. The summed E-state index contributed by atoms with van der Waals surface area (Å²) in [5.41, 5.74) is 4.22. The summed E-state index contributed by atoms with van der Waals surface area (Å²) in [7, 11) is 1.77. The Balaban J connectivity index is 1.76. The maximum Gasteiger partial charge on any atom is 0.277 e. The Morgan fingerprint density at radius 2 is 1.77 bits per heavy atom. The molecule has 156 valence electrons. The van der Waals surface area contributed by atoms with Crippen LogP contribution in [0.4, 0.5) is 0 Å². The van der Waals surface area contributed by atoms with Gasteiger partial charge in [-0.2, -0.15) is 0 Å². The van der Waals surface area contributed by atoms with Crippen LogP contribution in [0.5, 0.6) is 0 Å². The SMILES string of the molecule is CCCCC(C)C(C)N1Cc2c(cccc2-c2nc3ccccc3n(C)c2=O)C1=O. The molecular formula is C25H29N3O2. The van der Waals surface area contributed by atoms with E-state index in [2.05, 4.69) is 20.8 Å². The molecule has 0 fully saturated rings. The molecule has 0 radical (unpaired) electrons. The third-order valence-corrected chi connectivity index (χ3v) is 6.56. The Labute approximate surface area is 177 Å². The molecule has 1 aliphatic rings. The van der Waals surface area contributed by atoms with Crippen molar-refractivity contribution in [2.24, 2.45) is 13.0 Å². The van der Waals surface area contributed by atoms with Gasteiger partial charge in [-0.1, -0.05) is 51.0 Å². The number of benzene rings is 2. The van der Waals surface area contributed by atoms with Crippen LogP contribution in [-0.4, -0.2) is 26.4 Å². The van der Waals surface area contributed by atoms with Crippen molar-refractivity contribution < 1.29 is 4.79 Å². The number of amides is 1. The third-order valence-electron chi connectivity index (χ3n) is 6.56. The zero-order valence-corrected chi connectivity index (χ0v) is 18.2. The normalized spacial score (nSPS) is 15.5. The molecule has 0 saturated heterocycles. The standard InChI is InChI=1S/C25H29N3O2/c1-5-6-10-16(2)17(3)28-15-20-18(11-9-12-19(20)24(28)29)23-25(30)27(4)22-14-8-7-13-21(22)26-23/h7-9,11-14,16-17H,5-6,10,15H2,1-4H3. The van der Waals surface area contributed by atoms with Crippen LogP contribution in [0.2, 0.25) is 0 Å². The maximum atomic E-state index is 13.2. The summed E-state index contributed by atoms with van der Waals surface area (Å²) in [5.74, 6) is 0.485. The van der Waals surface area contributed by atoms with Crippen LogP contribution in [0.1, 0.15) is 56.0 Å². The third kappa shape index (κ3) is 3.32. The second kappa shape index (κ2) is 8.05. The van der Waals surface area contributed by atoms with Crippen molar-refractivity contribution >= 4 is 16.9 Å². The zero-order valence-electron chi connectivity index (χ0n) is 18.2. The highest BCUT2D eigenvalue weighted by Gasteiger charge is 2.35. The maximum absolute atomic E-state index is 13.2. The molecule has 0 N–H and O–H groups in total. The Hall–Kier alpha value is -2.95. The predicted molar refractivity (Wildman–Crippen MR) is 120 cm³/mol. The first kappa shape index (κ1) is 20.3. The lowest BCUT2D eigenvalue weighted by atomic mass is 9.96. The van der Waals surface area contributed by atoms with E-state index in [1.54, 1.807) is 11.6 Å². The molecule has 2 unspecified atom stereocenters. The number of unbranched alkanes of at least 4 members (excludes halogenated alkanes) is 1. The molecule has 2 atom stereocenters. The van der Waals surface area contributed by atoms with Crippen LogP contribution in [0.15, 0.2) is 47.3 Å². The van der Waals surface area contributed by atoms with Crippen molar-refractivity contribution in [3.05, 3.63) is 63.9 Å². The topological polar surface area (TPSA) is 55.2 Å². The van der Waals surface area contributed by atoms with Gasteiger partial charge in [0, 0.05) is 30.8 Å². The first-order valence-electron chi connectivity index (χ1n) is 10.8. The Morgan fingerprint density at radius 3 is 2.53 bits per heavy atom. The highest BCUT2D eigenvalue weighted by molar-refractivity contribution is 6.00. The number of para-hydroxylation sites is 2. The number of aryl methyl sites for hydroxylation is 1. The van der Waals surface area contributed by atoms with Crippen LogP contribution < -0.4 is 5.56 Å². The van der Waals surface area contributed by atoms with Gasteiger partial charge in [0.2, 0.25) is 0 Å². The lowest BCUT2D eigenvalue weighted by Crippen LogP contribution is -2.37.